The molecule has 1 aliphatic carbocycles. The van der Waals surface area contributed by atoms with Crippen molar-refractivity contribution in [2.45, 2.75) is 37.9 Å². The van der Waals surface area contributed by atoms with Crippen LogP contribution in [0.3, 0.4) is 0 Å². The number of carbonyl (C=O) groups excluding carboxylic acids is 1. The average molecular weight is 351 g/mol. The number of hydrogen-bond acceptors (Lipinski definition) is 2. The highest BCUT2D eigenvalue weighted by atomic mass is 35.5. The molecule has 1 N–H and O–H groups in total. The van der Waals surface area contributed by atoms with Gasteiger partial charge in [-0.2, -0.15) is 0 Å². The first-order valence-electron chi connectivity index (χ1n) is 7.78. The number of nitrogens with zero attached hydrogens (tertiary/aromatic N) is 1. The maximum absolute atomic E-state index is 15.5. The van der Waals surface area contributed by atoms with E-state index in [4.69, 9.17) is 11.6 Å². The number of alkyl halides is 1. The SMILES string of the molecule is C[C@@H]1CC[C@@](F)(C(=O)NCc2ccc(F)cc2Cl)c2cccnc21. The number of rotatable bonds is 3. The van der Waals surface area contributed by atoms with Gasteiger partial charge in [0.25, 0.3) is 5.91 Å². The lowest BCUT2D eigenvalue weighted by Gasteiger charge is -2.33. The molecule has 2 atom stereocenters. The number of pyridine rings is 1. The Hall–Kier alpha value is -2.01. The van der Waals surface area contributed by atoms with Crippen molar-refractivity contribution in [1.29, 1.82) is 0 Å². The maximum Gasteiger partial charge on any atom is 0.262 e. The van der Waals surface area contributed by atoms with Gasteiger partial charge in [-0.3, -0.25) is 9.78 Å². The number of halogens is 3. The van der Waals surface area contributed by atoms with Crippen molar-refractivity contribution >= 4 is 17.5 Å². The standard InChI is InChI=1S/C18H17ClF2N2O/c1-11-6-7-18(21,14-3-2-8-22-16(11)14)17(24)23-10-12-4-5-13(20)9-15(12)19/h2-5,8-9,11H,6-7,10H2,1H3,(H,23,24)/t11-,18+/m1/s1. The normalized spacial score (nSPS) is 22.8. The Kier molecular flexibility index (Phi) is 4.54. The van der Waals surface area contributed by atoms with E-state index in [0.29, 0.717) is 23.2 Å². The van der Waals surface area contributed by atoms with Gasteiger partial charge in [0, 0.05) is 23.3 Å². The first-order valence-corrected chi connectivity index (χ1v) is 8.16. The van der Waals surface area contributed by atoms with E-state index in [0.717, 1.165) is 6.07 Å². The summed E-state index contributed by atoms with van der Waals surface area (Å²) in [5, 5.41) is 2.77. The number of nitrogens with one attached hydrogen (secondary N) is 1. The van der Waals surface area contributed by atoms with Gasteiger partial charge in [0.1, 0.15) is 5.82 Å². The Balaban J connectivity index is 1.81. The van der Waals surface area contributed by atoms with Crippen LogP contribution < -0.4 is 5.32 Å². The zero-order valence-corrected chi connectivity index (χ0v) is 13.9. The molecule has 0 spiro atoms. The van der Waals surface area contributed by atoms with E-state index < -0.39 is 17.4 Å². The third-order valence-corrected chi connectivity index (χ3v) is 4.82. The number of aromatic nitrogens is 1. The van der Waals surface area contributed by atoms with Gasteiger partial charge in [-0.1, -0.05) is 30.7 Å². The molecule has 24 heavy (non-hydrogen) atoms. The number of benzene rings is 1. The molecule has 1 heterocycles. The zero-order chi connectivity index (χ0) is 17.3. The molecule has 0 saturated heterocycles. The third kappa shape index (κ3) is 3.00. The Bertz CT molecular complexity index is 783. The molecule has 1 aliphatic rings. The van der Waals surface area contributed by atoms with E-state index in [1.54, 1.807) is 18.3 Å². The summed E-state index contributed by atoms with van der Waals surface area (Å²) in [7, 11) is 0. The summed E-state index contributed by atoms with van der Waals surface area (Å²) in [6.45, 7) is 2.01. The summed E-state index contributed by atoms with van der Waals surface area (Å²) >= 11 is 5.94. The van der Waals surface area contributed by atoms with Crippen molar-refractivity contribution < 1.29 is 13.6 Å². The average Bonchev–Trinajstić information content (AvgIpc) is 2.57. The summed E-state index contributed by atoms with van der Waals surface area (Å²) in [4.78, 5) is 16.7. The van der Waals surface area contributed by atoms with Crippen LogP contribution in [0.15, 0.2) is 36.5 Å². The Morgan fingerprint density at radius 1 is 1.46 bits per heavy atom. The number of carbonyl (C=O) groups is 1. The van der Waals surface area contributed by atoms with Crippen LogP contribution in [0.1, 0.15) is 42.5 Å². The smallest absolute Gasteiger partial charge is 0.262 e. The van der Waals surface area contributed by atoms with E-state index in [1.807, 2.05) is 6.92 Å². The van der Waals surface area contributed by atoms with Crippen LogP contribution in [-0.2, 0) is 17.0 Å². The van der Waals surface area contributed by atoms with Crippen molar-refractivity contribution in [3.8, 4) is 0 Å². The van der Waals surface area contributed by atoms with Crippen LogP contribution in [0.5, 0.6) is 0 Å². The molecule has 1 aromatic heterocycles. The van der Waals surface area contributed by atoms with Crippen molar-refractivity contribution in [2.24, 2.45) is 0 Å². The van der Waals surface area contributed by atoms with Gasteiger partial charge in [0.2, 0.25) is 5.67 Å². The Labute approximate surface area is 144 Å². The van der Waals surface area contributed by atoms with Crippen LogP contribution in [0.2, 0.25) is 5.02 Å². The second kappa shape index (κ2) is 6.48. The predicted molar refractivity (Wildman–Crippen MR) is 87.9 cm³/mol. The van der Waals surface area contributed by atoms with Crippen LogP contribution in [0, 0.1) is 5.82 Å². The summed E-state index contributed by atoms with van der Waals surface area (Å²) < 4.78 is 28.5. The first kappa shape index (κ1) is 16.8. The molecule has 6 heteroatoms. The number of hydrogen-bond donors (Lipinski definition) is 1. The quantitative estimate of drug-likeness (QED) is 0.899. The lowest BCUT2D eigenvalue weighted by Crippen LogP contribution is -2.43. The van der Waals surface area contributed by atoms with Gasteiger partial charge in [0.15, 0.2) is 0 Å². The molecule has 0 saturated carbocycles. The lowest BCUT2D eigenvalue weighted by molar-refractivity contribution is -0.135. The molecule has 126 valence electrons. The third-order valence-electron chi connectivity index (χ3n) is 4.47. The molecule has 1 amide bonds. The molecule has 1 aromatic carbocycles. The molecule has 0 bridgehead atoms. The monoisotopic (exact) mass is 350 g/mol. The summed E-state index contributed by atoms with van der Waals surface area (Å²) in [5.74, 6) is -1.06. The fraction of sp³-hybridized carbons (Fsp3) is 0.333. The van der Waals surface area contributed by atoms with Gasteiger partial charge in [-0.05, 0) is 42.5 Å². The molecule has 3 nitrogen and oxygen atoms in total. The topological polar surface area (TPSA) is 42.0 Å². The molecule has 0 aliphatic heterocycles. The Morgan fingerprint density at radius 2 is 2.25 bits per heavy atom. The van der Waals surface area contributed by atoms with E-state index >= 15 is 4.39 Å². The number of amides is 1. The van der Waals surface area contributed by atoms with Gasteiger partial charge >= 0.3 is 0 Å². The first-order chi connectivity index (χ1) is 11.4. The molecule has 3 rings (SSSR count). The predicted octanol–water partition coefficient (Wildman–Crippen LogP) is 4.25. The van der Waals surface area contributed by atoms with Crippen molar-refractivity contribution in [3.05, 3.63) is 64.2 Å². The van der Waals surface area contributed by atoms with Crippen LogP contribution in [0.4, 0.5) is 8.78 Å². The van der Waals surface area contributed by atoms with E-state index in [1.165, 1.54) is 12.1 Å². The van der Waals surface area contributed by atoms with E-state index in [-0.39, 0.29) is 23.9 Å². The van der Waals surface area contributed by atoms with Crippen LogP contribution in [0.25, 0.3) is 0 Å². The van der Waals surface area contributed by atoms with Crippen LogP contribution in [-0.4, -0.2) is 10.9 Å². The highest BCUT2D eigenvalue weighted by Gasteiger charge is 2.46. The minimum absolute atomic E-state index is 0.0365. The minimum Gasteiger partial charge on any atom is -0.349 e. The molecular formula is C18H17ClF2N2O. The van der Waals surface area contributed by atoms with E-state index in [2.05, 4.69) is 10.3 Å². The summed E-state index contributed by atoms with van der Waals surface area (Å²) in [5.41, 5.74) is -0.624. The van der Waals surface area contributed by atoms with E-state index in [9.17, 15) is 9.18 Å². The molecule has 0 radical (unpaired) electrons. The fourth-order valence-corrected chi connectivity index (χ4v) is 3.28. The molecule has 0 fully saturated rings. The minimum atomic E-state index is -2.11. The maximum atomic E-state index is 15.5. The van der Waals surface area contributed by atoms with Gasteiger partial charge in [-0.15, -0.1) is 0 Å². The van der Waals surface area contributed by atoms with Crippen LogP contribution >= 0.6 is 11.6 Å². The summed E-state index contributed by atoms with van der Waals surface area (Å²) in [6, 6.07) is 7.13. The Morgan fingerprint density at radius 3 is 3.00 bits per heavy atom. The summed E-state index contributed by atoms with van der Waals surface area (Å²) in [6.07, 6.45) is 2.26. The van der Waals surface area contributed by atoms with Crippen molar-refractivity contribution in [3.63, 3.8) is 0 Å². The molecule has 2 aromatic rings. The van der Waals surface area contributed by atoms with Gasteiger partial charge in [0.05, 0.1) is 5.69 Å². The molecule has 0 unspecified atom stereocenters. The fourth-order valence-electron chi connectivity index (χ4n) is 3.05. The van der Waals surface area contributed by atoms with Crippen molar-refractivity contribution in [1.82, 2.24) is 10.3 Å². The number of fused-ring (bicyclic) bond motifs is 1. The second-order valence-corrected chi connectivity index (χ2v) is 6.50. The van der Waals surface area contributed by atoms with Gasteiger partial charge in [-0.25, -0.2) is 8.78 Å². The largest absolute Gasteiger partial charge is 0.349 e. The van der Waals surface area contributed by atoms with Crippen molar-refractivity contribution in [2.75, 3.05) is 0 Å². The highest BCUT2D eigenvalue weighted by molar-refractivity contribution is 6.31. The second-order valence-electron chi connectivity index (χ2n) is 6.10. The van der Waals surface area contributed by atoms with Gasteiger partial charge < -0.3 is 5.32 Å². The highest BCUT2D eigenvalue weighted by Crippen LogP contribution is 2.43. The lowest BCUT2D eigenvalue weighted by atomic mass is 9.77. The zero-order valence-electron chi connectivity index (χ0n) is 13.2. The molecular weight excluding hydrogens is 334 g/mol.